The maximum absolute atomic E-state index is 2.35. The molecule has 0 radical (unpaired) electrons. The summed E-state index contributed by atoms with van der Waals surface area (Å²) in [6, 6.07) is 17.7. The van der Waals surface area contributed by atoms with Crippen LogP contribution in [0.25, 0.3) is 14.4 Å². The van der Waals surface area contributed by atoms with Gasteiger partial charge in [0.25, 0.3) is 0 Å². The Hall–Kier alpha value is -1.46. The molecular weight excluding hydrogens is 343 g/mol. The number of rotatable bonds is 2. The number of hydrogen-bond donors (Lipinski definition) is 0. The molecule has 0 nitrogen and oxygen atoms in total. The molecule has 4 rings (SSSR count). The summed E-state index contributed by atoms with van der Waals surface area (Å²) >= 11 is 1.51. The molecule has 105 valence electrons. The van der Waals surface area contributed by atoms with E-state index in [1.807, 2.05) is 0 Å². The zero-order chi connectivity index (χ0) is 15.1. The summed E-state index contributed by atoms with van der Waals surface area (Å²) in [4.78, 5) is 0. The SMILES string of the molecule is CC1C(c2ccccc2)=[C]([Zr])c2c(C3=CC=CC3)cccc21. The Kier molecular flexibility index (Phi) is 3.62. The molecule has 0 spiro atoms. The van der Waals surface area contributed by atoms with Gasteiger partial charge in [-0.05, 0) is 0 Å². The molecule has 0 saturated heterocycles. The molecule has 0 amide bonds. The standard InChI is InChI=1S/C21H17.Zr/c1-15-18-12-7-13-19(16-10-5-6-11-16)21(18)14-20(15)17-8-3-2-4-9-17;/h2-10,12-13,15H,11H2,1H3;. The van der Waals surface area contributed by atoms with Crippen LogP contribution in [0.15, 0.2) is 66.8 Å². The summed E-state index contributed by atoms with van der Waals surface area (Å²) in [5.74, 6) is 0.488. The van der Waals surface area contributed by atoms with Gasteiger partial charge in [-0.1, -0.05) is 0 Å². The normalized spacial score (nSPS) is 19.5. The van der Waals surface area contributed by atoms with Crippen LogP contribution in [0.4, 0.5) is 0 Å². The van der Waals surface area contributed by atoms with E-state index in [1.165, 1.54) is 61.4 Å². The predicted molar refractivity (Wildman–Crippen MR) is 89.8 cm³/mol. The molecular formula is C21H17Zr. The molecule has 22 heavy (non-hydrogen) atoms. The topological polar surface area (TPSA) is 0 Å². The summed E-state index contributed by atoms with van der Waals surface area (Å²) in [5, 5.41) is 0. The Balaban J connectivity index is 1.91. The molecule has 0 fully saturated rings. The van der Waals surface area contributed by atoms with Crippen LogP contribution in [0.5, 0.6) is 0 Å². The minimum absolute atomic E-state index is 0.488. The summed E-state index contributed by atoms with van der Waals surface area (Å²) < 4.78 is 1.53. The van der Waals surface area contributed by atoms with E-state index in [2.05, 4.69) is 73.7 Å². The average molecular weight is 361 g/mol. The second-order valence-corrected chi connectivity index (χ2v) is 7.20. The van der Waals surface area contributed by atoms with Gasteiger partial charge in [-0.15, -0.1) is 0 Å². The van der Waals surface area contributed by atoms with E-state index in [0.717, 1.165) is 6.42 Å². The molecule has 1 unspecified atom stereocenters. The van der Waals surface area contributed by atoms with Gasteiger partial charge in [-0.2, -0.15) is 0 Å². The quantitative estimate of drug-likeness (QED) is 0.657. The molecule has 0 aromatic heterocycles. The van der Waals surface area contributed by atoms with Crippen LogP contribution in [-0.4, -0.2) is 0 Å². The van der Waals surface area contributed by atoms with Gasteiger partial charge in [0.2, 0.25) is 0 Å². The average Bonchev–Trinajstić information content (AvgIpc) is 3.16. The molecule has 1 atom stereocenters. The van der Waals surface area contributed by atoms with Crippen molar-refractivity contribution in [3.63, 3.8) is 0 Å². The zero-order valence-corrected chi connectivity index (χ0v) is 15.1. The molecule has 2 aliphatic carbocycles. The predicted octanol–water partition coefficient (Wildman–Crippen LogP) is 5.56. The third-order valence-electron chi connectivity index (χ3n) is 4.72. The van der Waals surface area contributed by atoms with Crippen LogP contribution < -0.4 is 0 Å². The van der Waals surface area contributed by atoms with Crippen molar-refractivity contribution in [1.82, 2.24) is 0 Å². The van der Waals surface area contributed by atoms with E-state index in [4.69, 9.17) is 0 Å². The molecule has 0 N–H and O–H groups in total. The number of fused-ring (bicyclic) bond motifs is 1. The van der Waals surface area contributed by atoms with Gasteiger partial charge in [-0.25, -0.2) is 0 Å². The maximum atomic E-state index is 2.35. The molecule has 0 bridgehead atoms. The number of allylic oxidation sites excluding steroid dienone is 5. The first-order valence-corrected chi connectivity index (χ1v) is 9.01. The van der Waals surface area contributed by atoms with Crippen molar-refractivity contribution >= 4 is 14.4 Å². The van der Waals surface area contributed by atoms with Crippen molar-refractivity contribution in [3.05, 3.63) is 89.0 Å². The Morgan fingerprint density at radius 1 is 1.00 bits per heavy atom. The van der Waals surface area contributed by atoms with Crippen molar-refractivity contribution in [2.45, 2.75) is 19.3 Å². The van der Waals surface area contributed by atoms with E-state index >= 15 is 0 Å². The fourth-order valence-corrected chi connectivity index (χ4v) is 5.22. The van der Waals surface area contributed by atoms with Crippen molar-refractivity contribution in [1.29, 1.82) is 0 Å². The van der Waals surface area contributed by atoms with Crippen LogP contribution in [-0.2, 0) is 24.7 Å². The van der Waals surface area contributed by atoms with E-state index in [0.29, 0.717) is 5.92 Å². The van der Waals surface area contributed by atoms with Gasteiger partial charge in [0.05, 0.1) is 0 Å². The van der Waals surface area contributed by atoms with Crippen LogP contribution in [0.2, 0.25) is 0 Å². The summed E-state index contributed by atoms with van der Waals surface area (Å²) in [6.07, 6.45) is 7.76. The van der Waals surface area contributed by atoms with Crippen molar-refractivity contribution in [2.24, 2.45) is 0 Å². The summed E-state index contributed by atoms with van der Waals surface area (Å²) in [7, 11) is 0. The van der Waals surface area contributed by atoms with E-state index in [9.17, 15) is 0 Å². The van der Waals surface area contributed by atoms with Gasteiger partial charge in [0.15, 0.2) is 0 Å². The van der Waals surface area contributed by atoms with Gasteiger partial charge in [-0.3, -0.25) is 0 Å². The first-order valence-electron chi connectivity index (χ1n) is 7.78. The van der Waals surface area contributed by atoms with Crippen LogP contribution in [0.1, 0.15) is 41.5 Å². The Labute approximate surface area is 147 Å². The molecule has 0 saturated carbocycles. The van der Waals surface area contributed by atoms with Crippen LogP contribution in [0.3, 0.4) is 0 Å². The zero-order valence-electron chi connectivity index (χ0n) is 12.6. The third kappa shape index (κ3) is 2.15. The first kappa shape index (κ1) is 14.2. The van der Waals surface area contributed by atoms with Gasteiger partial charge >= 0.3 is 147 Å². The Bertz CT molecular complexity index is 822. The minimum atomic E-state index is 0.488. The van der Waals surface area contributed by atoms with Crippen LogP contribution in [0, 0.1) is 0 Å². The van der Waals surface area contributed by atoms with E-state index in [-0.39, 0.29) is 0 Å². The molecule has 2 aliphatic rings. The number of benzene rings is 2. The van der Waals surface area contributed by atoms with E-state index < -0.39 is 0 Å². The molecule has 0 heterocycles. The third-order valence-corrected chi connectivity index (χ3v) is 5.99. The van der Waals surface area contributed by atoms with Crippen molar-refractivity contribution in [2.75, 3.05) is 0 Å². The van der Waals surface area contributed by atoms with Crippen molar-refractivity contribution < 1.29 is 24.7 Å². The Morgan fingerprint density at radius 3 is 2.55 bits per heavy atom. The van der Waals surface area contributed by atoms with Crippen LogP contribution >= 0.6 is 0 Å². The van der Waals surface area contributed by atoms with E-state index in [1.54, 1.807) is 0 Å². The molecule has 2 aromatic carbocycles. The van der Waals surface area contributed by atoms with Gasteiger partial charge < -0.3 is 0 Å². The number of hydrogen-bond acceptors (Lipinski definition) is 0. The monoisotopic (exact) mass is 359 g/mol. The Morgan fingerprint density at radius 2 is 1.82 bits per heavy atom. The van der Waals surface area contributed by atoms with Gasteiger partial charge in [0, 0.05) is 0 Å². The fourth-order valence-electron chi connectivity index (χ4n) is 3.64. The molecule has 0 aliphatic heterocycles. The second kappa shape index (κ2) is 5.63. The van der Waals surface area contributed by atoms with Crippen molar-refractivity contribution in [3.8, 4) is 0 Å². The second-order valence-electron chi connectivity index (χ2n) is 5.97. The summed E-state index contributed by atoms with van der Waals surface area (Å²) in [5.41, 5.74) is 8.79. The molecule has 1 heteroatoms. The van der Waals surface area contributed by atoms with Gasteiger partial charge in [0.1, 0.15) is 0 Å². The summed E-state index contributed by atoms with van der Waals surface area (Å²) in [6.45, 7) is 2.35. The first-order chi connectivity index (χ1) is 10.8. The fraction of sp³-hybridized carbons (Fsp3) is 0.143. The molecule has 2 aromatic rings.